The number of aromatic nitrogens is 3. The highest BCUT2D eigenvalue weighted by atomic mass is 32.2. The van der Waals surface area contributed by atoms with E-state index in [1.807, 2.05) is 18.2 Å². The van der Waals surface area contributed by atoms with Gasteiger partial charge in [-0.3, -0.25) is 0 Å². The Labute approximate surface area is 86.3 Å². The van der Waals surface area contributed by atoms with E-state index in [0.29, 0.717) is 5.95 Å². The quantitative estimate of drug-likeness (QED) is 0.828. The molecule has 2 N–H and O–H groups in total. The van der Waals surface area contributed by atoms with Crippen LogP contribution >= 0.6 is 11.9 Å². The van der Waals surface area contributed by atoms with Crippen molar-refractivity contribution in [3.8, 4) is 0 Å². The fourth-order valence-electron chi connectivity index (χ4n) is 1.04. The van der Waals surface area contributed by atoms with E-state index < -0.39 is 0 Å². The standard InChI is InChI=1S/C9H10N4S/c10-9-11-7-13(12-9)14-6-8-4-2-1-3-5-8/h1-5,7H,6H2,(H2,10,12). The molecule has 0 saturated heterocycles. The first kappa shape index (κ1) is 9.08. The van der Waals surface area contributed by atoms with Crippen LogP contribution < -0.4 is 5.73 Å². The van der Waals surface area contributed by atoms with Crippen LogP contribution in [0.2, 0.25) is 0 Å². The van der Waals surface area contributed by atoms with Crippen LogP contribution in [0.15, 0.2) is 36.7 Å². The third kappa shape index (κ3) is 2.26. The van der Waals surface area contributed by atoms with Crippen molar-refractivity contribution in [1.82, 2.24) is 14.2 Å². The third-order valence-corrected chi connectivity index (χ3v) is 2.60. The zero-order valence-corrected chi connectivity index (χ0v) is 8.31. The molecule has 5 heteroatoms. The van der Waals surface area contributed by atoms with Crippen LogP contribution in [0.5, 0.6) is 0 Å². The maximum Gasteiger partial charge on any atom is 0.240 e. The fraction of sp³-hybridized carbons (Fsp3) is 0.111. The minimum absolute atomic E-state index is 0.311. The predicted molar refractivity (Wildman–Crippen MR) is 57.6 cm³/mol. The number of hydrogen-bond donors (Lipinski definition) is 1. The normalized spacial score (nSPS) is 10.3. The Morgan fingerprint density at radius 2 is 2.07 bits per heavy atom. The van der Waals surface area contributed by atoms with Gasteiger partial charge in [0.25, 0.3) is 0 Å². The Balaban J connectivity index is 1.95. The minimum Gasteiger partial charge on any atom is -0.366 e. The van der Waals surface area contributed by atoms with Crippen LogP contribution in [0.3, 0.4) is 0 Å². The lowest BCUT2D eigenvalue weighted by Crippen LogP contribution is -1.91. The van der Waals surface area contributed by atoms with Crippen molar-refractivity contribution in [3.05, 3.63) is 42.2 Å². The second-order valence-corrected chi connectivity index (χ2v) is 3.69. The topological polar surface area (TPSA) is 56.7 Å². The highest BCUT2D eigenvalue weighted by molar-refractivity contribution is 7.96. The van der Waals surface area contributed by atoms with Gasteiger partial charge in [-0.2, -0.15) is 9.07 Å². The number of nitrogen functional groups attached to an aromatic ring is 1. The van der Waals surface area contributed by atoms with E-state index in [4.69, 9.17) is 5.73 Å². The molecule has 0 fully saturated rings. The zero-order chi connectivity index (χ0) is 9.80. The van der Waals surface area contributed by atoms with Gasteiger partial charge in [0, 0.05) is 5.75 Å². The van der Waals surface area contributed by atoms with Gasteiger partial charge in [-0.1, -0.05) is 30.3 Å². The molecule has 0 atom stereocenters. The number of rotatable bonds is 3. The predicted octanol–water partition coefficient (Wildman–Crippen LogP) is 1.56. The maximum absolute atomic E-state index is 5.39. The van der Waals surface area contributed by atoms with E-state index in [1.54, 1.807) is 22.4 Å². The van der Waals surface area contributed by atoms with Crippen LogP contribution in [0.1, 0.15) is 5.56 Å². The molecular weight excluding hydrogens is 196 g/mol. The largest absolute Gasteiger partial charge is 0.366 e. The van der Waals surface area contributed by atoms with Crippen molar-refractivity contribution >= 4 is 17.9 Å². The molecule has 0 amide bonds. The molecule has 0 aliphatic heterocycles. The summed E-state index contributed by atoms with van der Waals surface area (Å²) in [5.74, 6) is 1.18. The molecule has 0 unspecified atom stereocenters. The monoisotopic (exact) mass is 206 g/mol. The third-order valence-electron chi connectivity index (χ3n) is 1.70. The first-order valence-electron chi connectivity index (χ1n) is 4.19. The second-order valence-electron chi connectivity index (χ2n) is 2.76. The summed E-state index contributed by atoms with van der Waals surface area (Å²) in [5.41, 5.74) is 6.65. The van der Waals surface area contributed by atoms with E-state index in [-0.39, 0.29) is 0 Å². The Bertz CT molecular complexity index is 398. The molecule has 0 spiro atoms. The van der Waals surface area contributed by atoms with Crippen LogP contribution in [0.4, 0.5) is 5.95 Å². The lowest BCUT2D eigenvalue weighted by atomic mass is 10.2. The van der Waals surface area contributed by atoms with Crippen LogP contribution in [0, 0.1) is 0 Å². The molecule has 1 heterocycles. The molecule has 0 radical (unpaired) electrons. The van der Waals surface area contributed by atoms with Crippen molar-refractivity contribution in [2.75, 3.05) is 5.73 Å². The summed E-state index contributed by atoms with van der Waals surface area (Å²) in [6.45, 7) is 0. The molecule has 0 aliphatic rings. The summed E-state index contributed by atoms with van der Waals surface area (Å²) in [6.07, 6.45) is 1.61. The number of anilines is 1. The average Bonchev–Trinajstić information content (AvgIpc) is 2.63. The van der Waals surface area contributed by atoms with E-state index in [9.17, 15) is 0 Å². The summed E-state index contributed by atoms with van der Waals surface area (Å²) in [5, 5.41) is 3.97. The Morgan fingerprint density at radius 1 is 1.29 bits per heavy atom. The van der Waals surface area contributed by atoms with E-state index in [2.05, 4.69) is 22.2 Å². The van der Waals surface area contributed by atoms with Gasteiger partial charge in [0.2, 0.25) is 5.95 Å². The number of nitrogens with two attached hydrogens (primary N) is 1. The van der Waals surface area contributed by atoms with Gasteiger partial charge < -0.3 is 5.73 Å². The van der Waals surface area contributed by atoms with Gasteiger partial charge in [-0.25, -0.2) is 0 Å². The van der Waals surface area contributed by atoms with Crippen LogP contribution in [-0.2, 0) is 5.75 Å². The van der Waals surface area contributed by atoms with Gasteiger partial charge in [0.1, 0.15) is 6.33 Å². The van der Waals surface area contributed by atoms with E-state index in [0.717, 1.165) is 5.75 Å². The summed E-state index contributed by atoms with van der Waals surface area (Å²) >= 11 is 1.56. The summed E-state index contributed by atoms with van der Waals surface area (Å²) < 4.78 is 1.67. The molecular formula is C9H10N4S. The van der Waals surface area contributed by atoms with Gasteiger partial charge >= 0.3 is 0 Å². The van der Waals surface area contributed by atoms with E-state index in [1.165, 1.54) is 5.56 Å². The van der Waals surface area contributed by atoms with Crippen molar-refractivity contribution in [2.45, 2.75) is 5.75 Å². The second kappa shape index (κ2) is 4.15. The lowest BCUT2D eigenvalue weighted by molar-refractivity contribution is 1.01. The van der Waals surface area contributed by atoms with Gasteiger partial charge in [0.05, 0.1) is 0 Å². The molecule has 1 aromatic carbocycles. The van der Waals surface area contributed by atoms with Crippen LogP contribution in [0.25, 0.3) is 0 Å². The Hall–Kier alpha value is -1.49. The molecule has 2 aromatic rings. The maximum atomic E-state index is 5.39. The summed E-state index contributed by atoms with van der Waals surface area (Å²) in [6, 6.07) is 10.2. The number of hydrogen-bond acceptors (Lipinski definition) is 4. The SMILES string of the molecule is Nc1ncn(SCc2ccccc2)n1. The molecule has 14 heavy (non-hydrogen) atoms. The summed E-state index contributed by atoms with van der Waals surface area (Å²) in [4.78, 5) is 3.84. The number of benzene rings is 1. The van der Waals surface area contributed by atoms with Crippen molar-refractivity contribution < 1.29 is 0 Å². The Kier molecular flexibility index (Phi) is 2.69. The van der Waals surface area contributed by atoms with Gasteiger partial charge in [-0.05, 0) is 17.5 Å². The lowest BCUT2D eigenvalue weighted by Gasteiger charge is -1.99. The van der Waals surface area contributed by atoms with Crippen molar-refractivity contribution in [2.24, 2.45) is 0 Å². The van der Waals surface area contributed by atoms with Crippen molar-refractivity contribution in [3.63, 3.8) is 0 Å². The van der Waals surface area contributed by atoms with Gasteiger partial charge in [-0.15, -0.1) is 5.10 Å². The molecule has 72 valence electrons. The highest BCUT2D eigenvalue weighted by Gasteiger charge is 1.97. The highest BCUT2D eigenvalue weighted by Crippen LogP contribution is 2.12. The first-order chi connectivity index (χ1) is 6.84. The molecule has 1 aromatic heterocycles. The molecule has 0 bridgehead atoms. The average molecular weight is 206 g/mol. The first-order valence-corrected chi connectivity index (χ1v) is 5.13. The summed E-state index contributed by atoms with van der Waals surface area (Å²) in [7, 11) is 0. The Morgan fingerprint density at radius 3 is 2.71 bits per heavy atom. The smallest absolute Gasteiger partial charge is 0.240 e. The number of nitrogens with zero attached hydrogens (tertiary/aromatic N) is 3. The molecule has 0 saturated carbocycles. The van der Waals surface area contributed by atoms with Crippen LogP contribution in [-0.4, -0.2) is 14.2 Å². The fourth-order valence-corrected chi connectivity index (χ4v) is 1.77. The van der Waals surface area contributed by atoms with E-state index >= 15 is 0 Å². The van der Waals surface area contributed by atoms with Crippen molar-refractivity contribution in [1.29, 1.82) is 0 Å². The molecule has 4 nitrogen and oxygen atoms in total. The zero-order valence-electron chi connectivity index (χ0n) is 7.50. The molecule has 0 aliphatic carbocycles. The minimum atomic E-state index is 0.311. The van der Waals surface area contributed by atoms with Gasteiger partial charge in [0.15, 0.2) is 0 Å². The molecule has 2 rings (SSSR count).